The Kier molecular flexibility index (Phi) is 4.13. The fourth-order valence-electron chi connectivity index (χ4n) is 2.90. The molecule has 0 saturated heterocycles. The van der Waals surface area contributed by atoms with Crippen LogP contribution in [0.1, 0.15) is 40.2 Å². The van der Waals surface area contributed by atoms with Gasteiger partial charge >= 0.3 is 0 Å². The lowest BCUT2D eigenvalue weighted by Crippen LogP contribution is -2.39. The highest BCUT2D eigenvalue weighted by atomic mass is 79.9. The van der Waals surface area contributed by atoms with E-state index in [-0.39, 0.29) is 16.4 Å². The van der Waals surface area contributed by atoms with Crippen molar-refractivity contribution in [1.82, 2.24) is 4.90 Å². The first-order valence-corrected chi connectivity index (χ1v) is 8.62. The number of amides is 1. The van der Waals surface area contributed by atoms with E-state index in [9.17, 15) is 9.18 Å². The van der Waals surface area contributed by atoms with Gasteiger partial charge < -0.3 is 4.90 Å². The molecule has 1 aromatic carbocycles. The van der Waals surface area contributed by atoms with Crippen LogP contribution in [0.25, 0.3) is 0 Å². The van der Waals surface area contributed by atoms with E-state index in [2.05, 4.69) is 34.3 Å². The molecule has 0 N–H and O–H groups in total. The molecule has 2 aromatic rings. The lowest BCUT2D eigenvalue weighted by Gasteiger charge is -2.35. The molecule has 0 radical (unpaired) electrons. The molecule has 1 atom stereocenters. The van der Waals surface area contributed by atoms with Crippen molar-refractivity contribution in [3.8, 4) is 0 Å². The van der Waals surface area contributed by atoms with Crippen molar-refractivity contribution in [3.63, 3.8) is 0 Å². The number of fused-ring (bicyclic) bond motifs is 1. The van der Waals surface area contributed by atoms with Crippen molar-refractivity contribution in [2.24, 2.45) is 0 Å². The molecule has 110 valence electrons. The van der Waals surface area contributed by atoms with E-state index in [1.807, 2.05) is 4.90 Å². The summed E-state index contributed by atoms with van der Waals surface area (Å²) in [6.45, 7) is 2.77. The van der Waals surface area contributed by atoms with Gasteiger partial charge in [-0.15, -0.1) is 11.3 Å². The standard InChI is InChI=1S/C16H15BrFNOS/c1-2-13-10-7-9-21-14(10)6-8-19(13)16(20)11-4-3-5-12(18)15(11)17/h3-5,7,9,13H,2,6,8H2,1H3. The Morgan fingerprint density at radius 3 is 3.05 bits per heavy atom. The van der Waals surface area contributed by atoms with Crippen LogP contribution in [0.5, 0.6) is 0 Å². The highest BCUT2D eigenvalue weighted by Gasteiger charge is 2.31. The minimum Gasteiger partial charge on any atom is -0.331 e. The normalized spacial score (nSPS) is 17.7. The van der Waals surface area contributed by atoms with Crippen LogP contribution in [-0.4, -0.2) is 17.4 Å². The molecule has 5 heteroatoms. The summed E-state index contributed by atoms with van der Waals surface area (Å²) >= 11 is 4.95. The van der Waals surface area contributed by atoms with E-state index in [1.165, 1.54) is 16.5 Å². The van der Waals surface area contributed by atoms with Gasteiger partial charge in [-0.2, -0.15) is 0 Å². The maximum atomic E-state index is 13.7. The van der Waals surface area contributed by atoms with Gasteiger partial charge in [0.2, 0.25) is 0 Å². The summed E-state index contributed by atoms with van der Waals surface area (Å²) in [7, 11) is 0. The van der Waals surface area contributed by atoms with Crippen molar-refractivity contribution < 1.29 is 9.18 Å². The summed E-state index contributed by atoms with van der Waals surface area (Å²) in [5, 5.41) is 2.08. The molecule has 0 saturated carbocycles. The summed E-state index contributed by atoms with van der Waals surface area (Å²) in [5.41, 5.74) is 1.64. The highest BCUT2D eigenvalue weighted by Crippen LogP contribution is 2.36. The van der Waals surface area contributed by atoms with Gasteiger partial charge in [0.25, 0.3) is 5.91 Å². The zero-order valence-corrected chi connectivity index (χ0v) is 14.0. The molecule has 0 spiro atoms. The lowest BCUT2D eigenvalue weighted by molar-refractivity contribution is 0.0656. The van der Waals surface area contributed by atoms with E-state index in [1.54, 1.807) is 23.5 Å². The Morgan fingerprint density at radius 1 is 1.48 bits per heavy atom. The molecule has 0 fully saturated rings. The third kappa shape index (κ3) is 2.53. The smallest absolute Gasteiger partial charge is 0.255 e. The van der Waals surface area contributed by atoms with Gasteiger partial charge in [0.1, 0.15) is 5.82 Å². The fourth-order valence-corrected chi connectivity index (χ4v) is 4.27. The van der Waals surface area contributed by atoms with Gasteiger partial charge in [0.05, 0.1) is 16.1 Å². The van der Waals surface area contributed by atoms with Crippen molar-refractivity contribution in [2.45, 2.75) is 25.8 Å². The van der Waals surface area contributed by atoms with Gasteiger partial charge in [-0.1, -0.05) is 13.0 Å². The molecule has 2 heterocycles. The van der Waals surface area contributed by atoms with Crippen LogP contribution < -0.4 is 0 Å². The average molecular weight is 368 g/mol. The van der Waals surface area contributed by atoms with Crippen molar-refractivity contribution in [1.29, 1.82) is 0 Å². The lowest BCUT2D eigenvalue weighted by atomic mass is 9.97. The molecule has 2 nitrogen and oxygen atoms in total. The Morgan fingerprint density at radius 2 is 2.29 bits per heavy atom. The number of thiophene rings is 1. The van der Waals surface area contributed by atoms with E-state index in [0.717, 1.165) is 12.8 Å². The third-order valence-corrected chi connectivity index (χ3v) is 5.73. The first kappa shape index (κ1) is 14.7. The zero-order valence-electron chi connectivity index (χ0n) is 11.6. The number of nitrogens with zero attached hydrogens (tertiary/aromatic N) is 1. The minimum atomic E-state index is -0.401. The number of carbonyl (C=O) groups is 1. The Bertz CT molecular complexity index is 685. The number of hydrogen-bond acceptors (Lipinski definition) is 2. The predicted octanol–water partition coefficient (Wildman–Crippen LogP) is 4.80. The number of halogens is 2. The largest absolute Gasteiger partial charge is 0.331 e. The summed E-state index contributed by atoms with van der Waals surface area (Å²) in [6, 6.07) is 6.79. The minimum absolute atomic E-state index is 0.0858. The molecule has 1 aromatic heterocycles. The molecule has 0 bridgehead atoms. The zero-order chi connectivity index (χ0) is 15.0. The first-order valence-electron chi connectivity index (χ1n) is 6.94. The molecule has 1 unspecified atom stereocenters. The fraction of sp³-hybridized carbons (Fsp3) is 0.312. The van der Waals surface area contributed by atoms with Gasteiger partial charge in [-0.25, -0.2) is 4.39 Å². The highest BCUT2D eigenvalue weighted by molar-refractivity contribution is 9.10. The molecule has 1 aliphatic heterocycles. The van der Waals surface area contributed by atoms with E-state index < -0.39 is 5.82 Å². The Balaban J connectivity index is 1.97. The maximum absolute atomic E-state index is 13.7. The Hall–Kier alpha value is -1.20. The predicted molar refractivity (Wildman–Crippen MR) is 86.2 cm³/mol. The van der Waals surface area contributed by atoms with Crippen LogP contribution in [-0.2, 0) is 6.42 Å². The third-order valence-electron chi connectivity index (χ3n) is 3.92. The second-order valence-corrected chi connectivity index (χ2v) is 6.87. The quantitative estimate of drug-likeness (QED) is 0.746. The van der Waals surface area contributed by atoms with Gasteiger partial charge in [-0.3, -0.25) is 4.79 Å². The molecule has 0 aliphatic carbocycles. The molecular formula is C16H15BrFNOS. The van der Waals surface area contributed by atoms with Crippen LogP contribution in [0.2, 0.25) is 0 Å². The SMILES string of the molecule is CCC1c2ccsc2CCN1C(=O)c1cccc(F)c1Br. The second kappa shape index (κ2) is 5.89. The summed E-state index contributed by atoms with van der Waals surface area (Å²) in [6.07, 6.45) is 1.74. The molecule has 1 aliphatic rings. The van der Waals surface area contributed by atoms with Gasteiger partial charge in [-0.05, 0) is 57.9 Å². The van der Waals surface area contributed by atoms with Crippen molar-refractivity contribution in [2.75, 3.05) is 6.54 Å². The van der Waals surface area contributed by atoms with Crippen LogP contribution in [0.3, 0.4) is 0 Å². The molecule has 3 rings (SSSR count). The average Bonchev–Trinajstić information content (AvgIpc) is 2.96. The number of carbonyl (C=O) groups excluding carboxylic acids is 1. The van der Waals surface area contributed by atoms with Crippen LogP contribution in [0, 0.1) is 5.82 Å². The van der Waals surface area contributed by atoms with E-state index >= 15 is 0 Å². The maximum Gasteiger partial charge on any atom is 0.255 e. The molecule has 21 heavy (non-hydrogen) atoms. The van der Waals surface area contributed by atoms with Gasteiger partial charge in [0.15, 0.2) is 0 Å². The second-order valence-electron chi connectivity index (χ2n) is 5.07. The number of rotatable bonds is 2. The van der Waals surface area contributed by atoms with Crippen LogP contribution >= 0.6 is 27.3 Å². The summed E-state index contributed by atoms with van der Waals surface area (Å²) < 4.78 is 13.9. The summed E-state index contributed by atoms with van der Waals surface area (Å²) in [4.78, 5) is 16.0. The Labute approximate surface area is 135 Å². The van der Waals surface area contributed by atoms with Gasteiger partial charge in [0, 0.05) is 11.4 Å². The first-order chi connectivity index (χ1) is 10.1. The summed E-state index contributed by atoms with van der Waals surface area (Å²) in [5.74, 6) is -0.507. The molecular weight excluding hydrogens is 353 g/mol. The van der Waals surface area contributed by atoms with E-state index in [0.29, 0.717) is 12.1 Å². The monoisotopic (exact) mass is 367 g/mol. The van der Waals surface area contributed by atoms with Crippen molar-refractivity contribution >= 4 is 33.2 Å². The number of hydrogen-bond donors (Lipinski definition) is 0. The van der Waals surface area contributed by atoms with E-state index in [4.69, 9.17) is 0 Å². The topological polar surface area (TPSA) is 20.3 Å². The molecule has 1 amide bonds. The van der Waals surface area contributed by atoms with Crippen LogP contribution in [0.15, 0.2) is 34.1 Å². The van der Waals surface area contributed by atoms with Crippen LogP contribution in [0.4, 0.5) is 4.39 Å². The number of benzene rings is 1. The van der Waals surface area contributed by atoms with Crippen molar-refractivity contribution in [3.05, 3.63) is 55.9 Å².